The highest BCUT2D eigenvalue weighted by Gasteiger charge is 2.30. The molecule has 3 rings (SSSR count). The van der Waals surface area contributed by atoms with Crippen LogP contribution in [-0.4, -0.2) is 53.9 Å². The van der Waals surface area contributed by atoms with Crippen LogP contribution in [0.1, 0.15) is 19.5 Å². The summed E-state index contributed by atoms with van der Waals surface area (Å²) in [5.74, 6) is 0. The van der Waals surface area contributed by atoms with E-state index in [9.17, 15) is 8.42 Å². The number of fused-ring (bicyclic) bond motifs is 1. The van der Waals surface area contributed by atoms with Crippen molar-refractivity contribution in [3.8, 4) is 0 Å². The molecule has 1 saturated heterocycles. The number of rotatable bonds is 5. The van der Waals surface area contributed by atoms with Gasteiger partial charge in [-0.15, -0.1) is 0 Å². The standard InChI is InChI=1S/C15H22N4O3S/c1-12-9-19(10-13(2)22-12)23(20,21)16-7-6-14-11-18-8-4-3-5-15(18)17-14/h3-5,8,11-13,16H,6-7,9-10H2,1-2H3/t12-,13-/m0/s1. The van der Waals surface area contributed by atoms with Gasteiger partial charge in [-0.1, -0.05) is 6.07 Å². The van der Waals surface area contributed by atoms with Crippen LogP contribution in [-0.2, 0) is 21.4 Å². The molecule has 2 atom stereocenters. The van der Waals surface area contributed by atoms with Gasteiger partial charge < -0.3 is 9.14 Å². The minimum Gasteiger partial charge on any atom is -0.373 e. The molecule has 0 radical (unpaired) electrons. The predicted octanol–water partition coefficient (Wildman–Crippen LogP) is 0.820. The summed E-state index contributed by atoms with van der Waals surface area (Å²) >= 11 is 0. The van der Waals surface area contributed by atoms with Crippen molar-refractivity contribution in [2.45, 2.75) is 32.5 Å². The van der Waals surface area contributed by atoms with Crippen LogP contribution in [0.15, 0.2) is 30.6 Å². The number of pyridine rings is 1. The molecule has 126 valence electrons. The topological polar surface area (TPSA) is 75.9 Å². The van der Waals surface area contributed by atoms with Crippen molar-refractivity contribution in [3.05, 3.63) is 36.3 Å². The molecule has 1 fully saturated rings. The maximum atomic E-state index is 12.4. The number of morpholine rings is 1. The molecule has 0 saturated carbocycles. The molecular formula is C15H22N4O3S. The highest BCUT2D eigenvalue weighted by Crippen LogP contribution is 2.13. The van der Waals surface area contributed by atoms with Crippen molar-refractivity contribution in [3.63, 3.8) is 0 Å². The number of hydrogen-bond donors (Lipinski definition) is 1. The van der Waals surface area contributed by atoms with E-state index in [4.69, 9.17) is 4.74 Å². The van der Waals surface area contributed by atoms with Crippen LogP contribution < -0.4 is 4.72 Å². The smallest absolute Gasteiger partial charge is 0.279 e. The monoisotopic (exact) mass is 338 g/mol. The van der Waals surface area contributed by atoms with Gasteiger partial charge in [-0.2, -0.15) is 12.7 Å². The average Bonchev–Trinajstić information content (AvgIpc) is 2.88. The van der Waals surface area contributed by atoms with Gasteiger partial charge in [0.15, 0.2) is 0 Å². The minimum absolute atomic E-state index is 0.0891. The van der Waals surface area contributed by atoms with Gasteiger partial charge in [-0.25, -0.2) is 9.71 Å². The van der Waals surface area contributed by atoms with Crippen molar-refractivity contribution < 1.29 is 13.2 Å². The Balaban J connectivity index is 1.58. The van der Waals surface area contributed by atoms with Crippen LogP contribution in [0.3, 0.4) is 0 Å². The molecule has 7 nitrogen and oxygen atoms in total. The van der Waals surface area contributed by atoms with Crippen LogP contribution in [0.2, 0.25) is 0 Å². The average molecular weight is 338 g/mol. The number of ether oxygens (including phenoxy) is 1. The van der Waals surface area contributed by atoms with Gasteiger partial charge in [0.2, 0.25) is 0 Å². The van der Waals surface area contributed by atoms with Crippen LogP contribution in [0.5, 0.6) is 0 Å². The van der Waals surface area contributed by atoms with E-state index < -0.39 is 10.2 Å². The van der Waals surface area contributed by atoms with E-state index >= 15 is 0 Å². The number of aromatic nitrogens is 2. The fourth-order valence-corrected chi connectivity index (χ4v) is 4.19. The molecule has 1 aliphatic heterocycles. The molecule has 0 aliphatic carbocycles. The fourth-order valence-electron chi connectivity index (χ4n) is 2.83. The molecular weight excluding hydrogens is 316 g/mol. The van der Waals surface area contributed by atoms with Crippen LogP contribution in [0, 0.1) is 0 Å². The first-order chi connectivity index (χ1) is 10.9. The van der Waals surface area contributed by atoms with Gasteiger partial charge in [0, 0.05) is 38.4 Å². The van der Waals surface area contributed by atoms with E-state index in [1.165, 1.54) is 4.31 Å². The summed E-state index contributed by atoms with van der Waals surface area (Å²) in [7, 11) is -3.48. The Labute approximate surface area is 136 Å². The summed E-state index contributed by atoms with van der Waals surface area (Å²) in [6.07, 6.45) is 4.22. The Hall–Kier alpha value is -1.48. The Kier molecular flexibility index (Phi) is 4.67. The molecule has 8 heteroatoms. The summed E-state index contributed by atoms with van der Waals surface area (Å²) in [6.45, 7) is 4.86. The van der Waals surface area contributed by atoms with Crippen molar-refractivity contribution in [2.75, 3.05) is 19.6 Å². The van der Waals surface area contributed by atoms with E-state index in [1.54, 1.807) is 0 Å². The number of nitrogens with zero attached hydrogens (tertiary/aromatic N) is 3. The second kappa shape index (κ2) is 6.56. The predicted molar refractivity (Wildman–Crippen MR) is 87.4 cm³/mol. The number of nitrogens with one attached hydrogen (secondary N) is 1. The number of imidazole rings is 1. The second-order valence-corrected chi connectivity index (χ2v) is 7.68. The third-order valence-corrected chi connectivity index (χ3v) is 5.35. The van der Waals surface area contributed by atoms with Gasteiger partial charge in [-0.3, -0.25) is 0 Å². The summed E-state index contributed by atoms with van der Waals surface area (Å²) in [6, 6.07) is 5.78. The molecule has 0 amide bonds. The van der Waals surface area contributed by atoms with E-state index in [0.717, 1.165) is 11.3 Å². The van der Waals surface area contributed by atoms with Crippen LogP contribution >= 0.6 is 0 Å². The van der Waals surface area contributed by atoms with Gasteiger partial charge in [0.05, 0.1) is 17.9 Å². The van der Waals surface area contributed by atoms with Crippen molar-refractivity contribution >= 4 is 15.9 Å². The Bertz CT molecular complexity index is 731. The summed E-state index contributed by atoms with van der Waals surface area (Å²) < 4.78 is 36.4. The van der Waals surface area contributed by atoms with Crippen LogP contribution in [0.4, 0.5) is 0 Å². The molecule has 0 aromatic carbocycles. The molecule has 23 heavy (non-hydrogen) atoms. The maximum absolute atomic E-state index is 12.4. The van der Waals surface area contributed by atoms with E-state index in [1.807, 2.05) is 48.8 Å². The van der Waals surface area contributed by atoms with Crippen molar-refractivity contribution in [2.24, 2.45) is 0 Å². The maximum Gasteiger partial charge on any atom is 0.279 e. The SMILES string of the molecule is C[C@H]1CN(S(=O)(=O)NCCc2cn3ccccc3n2)C[C@H](C)O1. The summed E-state index contributed by atoms with van der Waals surface area (Å²) in [5, 5.41) is 0. The van der Waals surface area contributed by atoms with E-state index in [0.29, 0.717) is 26.1 Å². The Morgan fingerprint density at radius 3 is 2.74 bits per heavy atom. The molecule has 0 spiro atoms. The zero-order valence-corrected chi connectivity index (χ0v) is 14.2. The third-order valence-electron chi connectivity index (χ3n) is 3.81. The molecule has 0 bridgehead atoms. The van der Waals surface area contributed by atoms with E-state index in [-0.39, 0.29) is 12.2 Å². The molecule has 3 heterocycles. The molecule has 2 aromatic heterocycles. The Morgan fingerprint density at radius 2 is 2.04 bits per heavy atom. The largest absolute Gasteiger partial charge is 0.373 e. The highest BCUT2D eigenvalue weighted by molar-refractivity contribution is 7.87. The minimum atomic E-state index is -3.48. The van der Waals surface area contributed by atoms with Gasteiger partial charge in [0.25, 0.3) is 10.2 Å². The van der Waals surface area contributed by atoms with E-state index in [2.05, 4.69) is 9.71 Å². The lowest BCUT2D eigenvalue weighted by Gasteiger charge is -2.34. The first-order valence-corrected chi connectivity index (χ1v) is 9.21. The fraction of sp³-hybridized carbons (Fsp3) is 0.533. The third kappa shape index (κ3) is 3.89. The number of hydrogen-bond acceptors (Lipinski definition) is 4. The molecule has 1 N–H and O–H groups in total. The first-order valence-electron chi connectivity index (χ1n) is 7.77. The lowest BCUT2D eigenvalue weighted by atomic mass is 10.3. The molecule has 0 unspecified atom stereocenters. The lowest BCUT2D eigenvalue weighted by molar-refractivity contribution is -0.0443. The lowest BCUT2D eigenvalue weighted by Crippen LogP contribution is -2.52. The van der Waals surface area contributed by atoms with Gasteiger partial charge in [0.1, 0.15) is 5.65 Å². The van der Waals surface area contributed by atoms with Crippen LogP contribution in [0.25, 0.3) is 5.65 Å². The quantitative estimate of drug-likeness (QED) is 0.876. The molecule has 1 aliphatic rings. The zero-order valence-electron chi connectivity index (χ0n) is 13.3. The normalized spacial score (nSPS) is 23.4. The van der Waals surface area contributed by atoms with Gasteiger partial charge in [-0.05, 0) is 26.0 Å². The molecule has 2 aromatic rings. The highest BCUT2D eigenvalue weighted by atomic mass is 32.2. The zero-order chi connectivity index (χ0) is 16.4. The van der Waals surface area contributed by atoms with Crippen molar-refractivity contribution in [1.29, 1.82) is 0 Å². The summed E-state index contributed by atoms with van der Waals surface area (Å²) in [4.78, 5) is 4.46. The summed E-state index contributed by atoms with van der Waals surface area (Å²) in [5.41, 5.74) is 1.73. The Morgan fingerprint density at radius 1 is 1.30 bits per heavy atom. The van der Waals surface area contributed by atoms with Crippen molar-refractivity contribution in [1.82, 2.24) is 18.4 Å². The second-order valence-electron chi connectivity index (χ2n) is 5.92. The first kappa shape index (κ1) is 16.4. The van der Waals surface area contributed by atoms with Gasteiger partial charge >= 0.3 is 0 Å².